The van der Waals surface area contributed by atoms with Crippen molar-refractivity contribution < 1.29 is 19.1 Å². The Bertz CT molecular complexity index is 2060. The zero-order chi connectivity index (χ0) is 33.3. The second-order valence-electron chi connectivity index (χ2n) is 14.4. The number of hydrogen-bond donors (Lipinski definition) is 2. The molecule has 2 fully saturated rings. The molecule has 0 radical (unpaired) electrons. The topological polar surface area (TPSA) is 125 Å². The molecule has 5 aromatic rings. The van der Waals surface area contributed by atoms with Crippen molar-refractivity contribution in [3.05, 3.63) is 77.6 Å². The van der Waals surface area contributed by atoms with Gasteiger partial charge in [0.2, 0.25) is 0 Å². The molecule has 49 heavy (non-hydrogen) atoms. The summed E-state index contributed by atoms with van der Waals surface area (Å²) in [6.45, 7) is 11.1. The van der Waals surface area contributed by atoms with Crippen molar-refractivity contribution in [3.8, 4) is 11.3 Å². The van der Waals surface area contributed by atoms with Gasteiger partial charge in [0, 0.05) is 68.4 Å². The van der Waals surface area contributed by atoms with Gasteiger partial charge in [-0.05, 0) is 54.2 Å². The number of aliphatic hydroxyl groups is 1. The maximum Gasteiger partial charge on any atom is 0.276 e. The molecule has 0 unspecified atom stereocenters. The summed E-state index contributed by atoms with van der Waals surface area (Å²) in [7, 11) is 0. The minimum absolute atomic E-state index is 0.0947. The highest BCUT2D eigenvalue weighted by Crippen LogP contribution is 2.40. The van der Waals surface area contributed by atoms with Crippen molar-refractivity contribution >= 4 is 40.0 Å². The molecule has 0 spiro atoms. The summed E-state index contributed by atoms with van der Waals surface area (Å²) in [6, 6.07) is 12.3. The largest absolute Gasteiger partial charge is 0.460 e. The molecule has 252 valence electrons. The number of rotatable bonds is 7. The molecule has 8 heterocycles. The third kappa shape index (κ3) is 5.25. The summed E-state index contributed by atoms with van der Waals surface area (Å²) >= 11 is 0. The zero-order valence-electron chi connectivity index (χ0n) is 27.9. The van der Waals surface area contributed by atoms with Crippen molar-refractivity contribution in [2.24, 2.45) is 5.41 Å². The van der Waals surface area contributed by atoms with Gasteiger partial charge >= 0.3 is 0 Å². The average molecular weight is 661 g/mol. The van der Waals surface area contributed by atoms with Crippen LogP contribution in [0.1, 0.15) is 41.2 Å². The number of aromatic nitrogens is 4. The number of furan rings is 1. The Morgan fingerprint density at radius 2 is 1.86 bits per heavy atom. The summed E-state index contributed by atoms with van der Waals surface area (Å²) in [4.78, 5) is 34.8. The maximum absolute atomic E-state index is 13.9. The molecule has 0 aromatic carbocycles. The standard InChI is InChI=1S/C37H40N8O4/c1-37(2)17-23-15-31-36(47)45(13-12-44(31)32(23)18-37)35-27(20-46)26(5-7-38-35)29-16-30(34-28(40-29)6-14-49-34)41-33-4-3-24(19-39-33)42-8-10-43(11-9-42)25-21-48-22-25/h3-7,14-16,19,25,46H,8-13,17-18,20-22H2,1-2H3,(H,39,40,41). The molecule has 0 atom stereocenters. The Hall–Kier alpha value is -4.78. The fraction of sp³-hybridized carbons (Fsp3) is 0.405. The smallest absolute Gasteiger partial charge is 0.276 e. The van der Waals surface area contributed by atoms with Crippen LogP contribution < -0.4 is 15.1 Å². The molecular weight excluding hydrogens is 620 g/mol. The van der Waals surface area contributed by atoms with Crippen LogP contribution >= 0.6 is 0 Å². The average Bonchev–Trinajstić information content (AvgIpc) is 3.77. The predicted molar refractivity (Wildman–Crippen MR) is 186 cm³/mol. The van der Waals surface area contributed by atoms with Gasteiger partial charge in [0.1, 0.15) is 22.8 Å². The quantitative estimate of drug-likeness (QED) is 0.255. The van der Waals surface area contributed by atoms with Gasteiger partial charge in [0.15, 0.2) is 5.58 Å². The first kappa shape index (κ1) is 30.3. The Labute approximate surface area is 284 Å². The van der Waals surface area contributed by atoms with E-state index in [2.05, 4.69) is 50.6 Å². The highest BCUT2D eigenvalue weighted by atomic mass is 16.5. The molecule has 0 saturated carbocycles. The SMILES string of the molecule is CC1(C)Cc2cc3n(c2C1)CCN(c1nccc(-c2cc(Nc4ccc(N5CCN(C6COC6)CC5)cn4)c4occc4n2)c1CO)C3=O. The monoisotopic (exact) mass is 660 g/mol. The lowest BCUT2D eigenvalue weighted by Gasteiger charge is -2.43. The van der Waals surface area contributed by atoms with E-state index < -0.39 is 0 Å². The Balaban J connectivity index is 0.982. The highest BCUT2D eigenvalue weighted by molar-refractivity contribution is 6.06. The van der Waals surface area contributed by atoms with E-state index in [-0.39, 0.29) is 17.9 Å². The van der Waals surface area contributed by atoms with Crippen LogP contribution in [-0.2, 0) is 30.7 Å². The fourth-order valence-corrected chi connectivity index (χ4v) is 7.97. The number of fused-ring (bicyclic) bond motifs is 4. The molecule has 9 rings (SSSR count). The molecule has 1 amide bonds. The van der Waals surface area contributed by atoms with Crippen molar-refractivity contribution in [1.82, 2.24) is 24.4 Å². The fourth-order valence-electron chi connectivity index (χ4n) is 7.97. The molecular formula is C37H40N8O4. The molecule has 5 aromatic heterocycles. The van der Waals surface area contributed by atoms with Crippen LogP contribution in [0.3, 0.4) is 0 Å². The van der Waals surface area contributed by atoms with Crippen molar-refractivity contribution in [3.63, 3.8) is 0 Å². The van der Waals surface area contributed by atoms with Crippen molar-refractivity contribution in [2.75, 3.05) is 61.1 Å². The van der Waals surface area contributed by atoms with Gasteiger partial charge in [-0.15, -0.1) is 0 Å². The van der Waals surface area contributed by atoms with Gasteiger partial charge in [-0.2, -0.15) is 0 Å². The number of carbonyl (C=O) groups is 1. The van der Waals surface area contributed by atoms with Crippen LogP contribution in [0.4, 0.5) is 23.0 Å². The van der Waals surface area contributed by atoms with E-state index in [0.29, 0.717) is 70.1 Å². The summed E-state index contributed by atoms with van der Waals surface area (Å²) in [5, 5.41) is 14.2. The van der Waals surface area contributed by atoms with Crippen LogP contribution in [0.15, 0.2) is 59.5 Å². The van der Waals surface area contributed by atoms with E-state index in [9.17, 15) is 9.90 Å². The molecule has 12 nitrogen and oxygen atoms in total. The number of pyridine rings is 3. The Morgan fingerprint density at radius 3 is 2.61 bits per heavy atom. The number of aliphatic hydroxyl groups excluding tert-OH is 1. The van der Waals surface area contributed by atoms with E-state index in [0.717, 1.165) is 57.9 Å². The number of piperazine rings is 1. The van der Waals surface area contributed by atoms with Gasteiger partial charge in [-0.25, -0.2) is 15.0 Å². The van der Waals surface area contributed by atoms with Gasteiger partial charge < -0.3 is 29.0 Å². The number of carbonyl (C=O) groups excluding carboxylic acids is 1. The number of hydrogen-bond acceptors (Lipinski definition) is 10. The second kappa shape index (κ2) is 11.7. The molecule has 12 heteroatoms. The second-order valence-corrected chi connectivity index (χ2v) is 14.4. The van der Waals surface area contributed by atoms with Gasteiger partial charge in [-0.3, -0.25) is 14.6 Å². The summed E-state index contributed by atoms with van der Waals surface area (Å²) in [6.07, 6.45) is 7.15. The number of amides is 1. The Kier molecular flexibility index (Phi) is 7.22. The minimum atomic E-state index is -0.298. The summed E-state index contributed by atoms with van der Waals surface area (Å²) in [5.74, 6) is 1.04. The molecule has 1 aliphatic carbocycles. The third-order valence-corrected chi connectivity index (χ3v) is 10.6. The Morgan fingerprint density at radius 1 is 1.00 bits per heavy atom. The van der Waals surface area contributed by atoms with Crippen LogP contribution in [0, 0.1) is 5.41 Å². The van der Waals surface area contributed by atoms with Gasteiger partial charge in [-0.1, -0.05) is 13.8 Å². The zero-order valence-corrected chi connectivity index (χ0v) is 27.9. The van der Waals surface area contributed by atoms with Crippen LogP contribution in [-0.4, -0.2) is 87.4 Å². The lowest BCUT2D eigenvalue weighted by Crippen LogP contribution is -2.56. The number of ether oxygens (including phenoxy) is 1. The lowest BCUT2D eigenvalue weighted by atomic mass is 9.90. The van der Waals surface area contributed by atoms with Gasteiger partial charge in [0.05, 0.1) is 55.4 Å². The predicted octanol–water partition coefficient (Wildman–Crippen LogP) is 4.63. The number of nitrogens with one attached hydrogen (secondary N) is 1. The first-order chi connectivity index (χ1) is 23.8. The van der Waals surface area contributed by atoms with Gasteiger partial charge in [0.25, 0.3) is 5.91 Å². The summed E-state index contributed by atoms with van der Waals surface area (Å²) in [5.41, 5.74) is 8.39. The maximum atomic E-state index is 13.9. The minimum Gasteiger partial charge on any atom is -0.460 e. The number of anilines is 4. The molecule has 3 aliphatic heterocycles. The van der Waals surface area contributed by atoms with Crippen LogP contribution in [0.2, 0.25) is 0 Å². The number of nitrogens with zero attached hydrogens (tertiary/aromatic N) is 7. The third-order valence-electron chi connectivity index (χ3n) is 10.6. The highest BCUT2D eigenvalue weighted by Gasteiger charge is 2.37. The molecule has 2 N–H and O–H groups in total. The molecule has 2 saturated heterocycles. The normalized spacial score (nSPS) is 19.3. The first-order valence-electron chi connectivity index (χ1n) is 17.2. The van der Waals surface area contributed by atoms with E-state index in [1.807, 2.05) is 30.5 Å². The van der Waals surface area contributed by atoms with E-state index in [1.165, 1.54) is 11.3 Å². The molecule has 4 aliphatic rings. The summed E-state index contributed by atoms with van der Waals surface area (Å²) < 4.78 is 13.4. The van der Waals surface area contributed by atoms with Crippen molar-refractivity contribution in [2.45, 2.75) is 45.9 Å². The first-order valence-corrected chi connectivity index (χ1v) is 17.2. The van der Waals surface area contributed by atoms with Crippen LogP contribution in [0.5, 0.6) is 0 Å². The van der Waals surface area contributed by atoms with E-state index in [4.69, 9.17) is 19.1 Å². The van der Waals surface area contributed by atoms with Crippen LogP contribution in [0.25, 0.3) is 22.4 Å². The van der Waals surface area contributed by atoms with Crippen molar-refractivity contribution in [1.29, 1.82) is 0 Å². The van der Waals surface area contributed by atoms with E-state index in [1.54, 1.807) is 17.4 Å². The molecule has 0 bridgehead atoms. The van der Waals surface area contributed by atoms with E-state index >= 15 is 0 Å². The lowest BCUT2D eigenvalue weighted by molar-refractivity contribution is -0.0660.